The van der Waals surface area contributed by atoms with E-state index in [1.165, 1.54) is 11.1 Å². The summed E-state index contributed by atoms with van der Waals surface area (Å²) in [6, 6.07) is 11.8. The molecule has 0 aliphatic heterocycles. The maximum atomic E-state index is 12.1. The minimum atomic E-state index is -0.0309. The third-order valence-corrected chi connectivity index (χ3v) is 7.16. The van der Waals surface area contributed by atoms with Crippen LogP contribution in [-0.2, 0) is 15.6 Å². The van der Waals surface area contributed by atoms with Crippen molar-refractivity contribution in [2.75, 3.05) is 0 Å². The number of carbonyl (C=O) groups is 1. The fourth-order valence-electron chi connectivity index (χ4n) is 5.01. The lowest BCUT2D eigenvalue weighted by molar-refractivity contribution is -0.113. The Morgan fingerprint density at radius 3 is 2.03 bits per heavy atom. The van der Waals surface area contributed by atoms with Gasteiger partial charge in [0.25, 0.3) is 0 Å². The number of nitrogens with zero attached hydrogens (tertiary/aromatic N) is 1. The normalized spacial score (nSPS) is 20.2. The molecule has 162 valence electrons. The van der Waals surface area contributed by atoms with E-state index in [1.807, 2.05) is 24.3 Å². The Labute approximate surface area is 184 Å². The summed E-state index contributed by atoms with van der Waals surface area (Å²) in [7, 11) is 0. The van der Waals surface area contributed by atoms with E-state index in [0.717, 1.165) is 29.5 Å². The van der Waals surface area contributed by atoms with Crippen LogP contribution in [0.25, 0.3) is 5.57 Å². The molecule has 0 heterocycles. The minimum Gasteiger partial charge on any atom is -0.512 e. The van der Waals surface area contributed by atoms with Crippen molar-refractivity contribution in [2.24, 2.45) is 5.16 Å². The summed E-state index contributed by atoms with van der Waals surface area (Å²) in [5, 5.41) is 23.7. The quantitative estimate of drug-likeness (QED) is 0.355. The zero-order chi connectivity index (χ0) is 22.6. The molecule has 0 saturated heterocycles. The van der Waals surface area contributed by atoms with Gasteiger partial charge in [-0.1, -0.05) is 63.2 Å². The molecule has 0 saturated carbocycles. The molecule has 4 rings (SSSR count). The van der Waals surface area contributed by atoms with Crippen LogP contribution in [0.2, 0.25) is 0 Å². The molecule has 0 amide bonds. The van der Waals surface area contributed by atoms with Crippen LogP contribution < -0.4 is 0 Å². The Morgan fingerprint density at radius 2 is 1.52 bits per heavy atom. The van der Waals surface area contributed by atoms with E-state index in [0.29, 0.717) is 29.7 Å². The van der Waals surface area contributed by atoms with Gasteiger partial charge in [0.2, 0.25) is 0 Å². The number of fused-ring (bicyclic) bond motifs is 1. The van der Waals surface area contributed by atoms with E-state index in [9.17, 15) is 15.1 Å². The van der Waals surface area contributed by atoms with Gasteiger partial charge in [-0.2, -0.15) is 0 Å². The van der Waals surface area contributed by atoms with Gasteiger partial charge in [0, 0.05) is 24.0 Å². The predicted molar refractivity (Wildman–Crippen MR) is 124 cm³/mol. The Balaban J connectivity index is 1.77. The number of hydrogen-bond donors (Lipinski definition) is 2. The van der Waals surface area contributed by atoms with Gasteiger partial charge >= 0.3 is 0 Å². The monoisotopic (exact) mass is 417 g/mol. The lowest BCUT2D eigenvalue weighted by Crippen LogP contribution is -2.34. The highest BCUT2D eigenvalue weighted by Crippen LogP contribution is 2.46. The second-order valence-electron chi connectivity index (χ2n) is 10.3. The van der Waals surface area contributed by atoms with Crippen molar-refractivity contribution in [3.05, 3.63) is 75.5 Å². The standard InChI is InChI=1S/C27H31NO3/c1-16-14-20-21(27(4,5)13-12-26(20,2)3)15-19(16)25(28-31)18-8-6-17(7-9-18)24-22(29)10-11-23(24)30/h6-9,14-15,29,31H,10-13H2,1-5H3/b28-25-. The number of hydrogen-bond acceptors (Lipinski definition) is 4. The Morgan fingerprint density at radius 1 is 0.935 bits per heavy atom. The number of rotatable bonds is 3. The molecule has 0 radical (unpaired) electrons. The lowest BCUT2D eigenvalue weighted by atomic mass is 9.62. The SMILES string of the molecule is Cc1cc2c(cc1/C(=N\O)c1ccc(C3=C(O)CCC3=O)cc1)C(C)(C)CCC2(C)C. The van der Waals surface area contributed by atoms with Gasteiger partial charge in [-0.25, -0.2) is 0 Å². The van der Waals surface area contributed by atoms with Crippen molar-refractivity contribution in [3.8, 4) is 0 Å². The summed E-state index contributed by atoms with van der Waals surface area (Å²) < 4.78 is 0. The number of aliphatic hydroxyl groups is 1. The molecule has 2 N–H and O–H groups in total. The van der Waals surface area contributed by atoms with E-state index >= 15 is 0 Å². The van der Waals surface area contributed by atoms with Gasteiger partial charge in [-0.3, -0.25) is 4.79 Å². The van der Waals surface area contributed by atoms with Crippen LogP contribution in [0.15, 0.2) is 47.3 Å². The average Bonchev–Trinajstić information content (AvgIpc) is 3.06. The van der Waals surface area contributed by atoms with Gasteiger partial charge < -0.3 is 10.3 Å². The highest BCUT2D eigenvalue weighted by molar-refractivity contribution is 6.23. The Bertz CT molecular complexity index is 1120. The lowest BCUT2D eigenvalue weighted by Gasteiger charge is -2.42. The molecule has 31 heavy (non-hydrogen) atoms. The first kappa shape index (κ1) is 21.4. The molecule has 0 aromatic heterocycles. The summed E-state index contributed by atoms with van der Waals surface area (Å²) in [6.45, 7) is 11.2. The zero-order valence-electron chi connectivity index (χ0n) is 19.0. The number of Topliss-reactive ketones (excluding diaryl/α,β-unsaturated/α-hetero) is 1. The molecule has 2 aliphatic rings. The average molecular weight is 418 g/mol. The Kier molecular flexibility index (Phi) is 5.07. The second kappa shape index (κ2) is 7.37. The molecule has 4 heteroatoms. The third kappa shape index (κ3) is 3.58. The highest BCUT2D eigenvalue weighted by atomic mass is 16.4. The van der Waals surface area contributed by atoms with E-state index in [-0.39, 0.29) is 22.4 Å². The van der Waals surface area contributed by atoms with Crippen molar-refractivity contribution in [1.29, 1.82) is 0 Å². The van der Waals surface area contributed by atoms with E-state index in [1.54, 1.807) is 0 Å². The molecule has 0 unspecified atom stereocenters. The summed E-state index contributed by atoms with van der Waals surface area (Å²) in [4.78, 5) is 12.1. The summed E-state index contributed by atoms with van der Waals surface area (Å²) >= 11 is 0. The van der Waals surface area contributed by atoms with Gasteiger partial charge in [0.05, 0.1) is 5.57 Å². The van der Waals surface area contributed by atoms with Gasteiger partial charge in [-0.15, -0.1) is 0 Å². The van der Waals surface area contributed by atoms with Gasteiger partial charge in [0.15, 0.2) is 5.78 Å². The fourth-order valence-corrected chi connectivity index (χ4v) is 5.01. The molecule has 2 aliphatic carbocycles. The van der Waals surface area contributed by atoms with Crippen LogP contribution >= 0.6 is 0 Å². The van der Waals surface area contributed by atoms with Crippen molar-refractivity contribution in [3.63, 3.8) is 0 Å². The second-order valence-corrected chi connectivity index (χ2v) is 10.3. The number of carbonyl (C=O) groups excluding carboxylic acids is 1. The topological polar surface area (TPSA) is 69.9 Å². The van der Waals surface area contributed by atoms with E-state index in [2.05, 4.69) is 51.9 Å². The van der Waals surface area contributed by atoms with Crippen molar-refractivity contribution >= 4 is 17.1 Å². The van der Waals surface area contributed by atoms with E-state index in [4.69, 9.17) is 0 Å². The maximum absolute atomic E-state index is 12.1. The molecule has 0 bridgehead atoms. The third-order valence-electron chi connectivity index (χ3n) is 7.16. The molecule has 0 fully saturated rings. The van der Waals surface area contributed by atoms with Crippen LogP contribution in [0.1, 0.15) is 86.8 Å². The van der Waals surface area contributed by atoms with Gasteiger partial charge in [-0.05, 0) is 58.9 Å². The molecule has 2 aromatic carbocycles. The molecule has 0 atom stereocenters. The number of benzene rings is 2. The van der Waals surface area contributed by atoms with E-state index < -0.39 is 0 Å². The zero-order valence-corrected chi connectivity index (χ0v) is 19.0. The molecular formula is C27H31NO3. The first-order chi connectivity index (χ1) is 14.5. The van der Waals surface area contributed by atoms with Crippen molar-refractivity contribution in [1.82, 2.24) is 0 Å². The smallest absolute Gasteiger partial charge is 0.167 e. The Hall–Kier alpha value is -2.88. The molecule has 2 aromatic rings. The van der Waals surface area contributed by atoms with Crippen molar-refractivity contribution in [2.45, 2.75) is 71.1 Å². The number of aliphatic hydroxyl groups excluding tert-OH is 1. The summed E-state index contributed by atoms with van der Waals surface area (Å²) in [5.41, 5.74) is 7.25. The largest absolute Gasteiger partial charge is 0.512 e. The van der Waals surface area contributed by atoms with Crippen LogP contribution in [-0.4, -0.2) is 21.8 Å². The first-order valence-electron chi connectivity index (χ1n) is 11.0. The minimum absolute atomic E-state index is 0.0309. The van der Waals surface area contributed by atoms with Crippen LogP contribution in [0.4, 0.5) is 0 Å². The highest BCUT2D eigenvalue weighted by Gasteiger charge is 2.37. The molecule has 4 nitrogen and oxygen atoms in total. The number of allylic oxidation sites excluding steroid dienone is 2. The maximum Gasteiger partial charge on any atom is 0.167 e. The number of ketones is 1. The van der Waals surface area contributed by atoms with Crippen molar-refractivity contribution < 1.29 is 15.1 Å². The summed E-state index contributed by atoms with van der Waals surface area (Å²) in [5.74, 6) is 0.126. The number of aryl methyl sites for hydroxylation is 1. The fraction of sp³-hybridized carbons (Fsp3) is 0.407. The molecule has 0 spiro atoms. The van der Waals surface area contributed by atoms with Crippen LogP contribution in [0.5, 0.6) is 0 Å². The number of oxime groups is 1. The van der Waals surface area contributed by atoms with Gasteiger partial charge in [0.1, 0.15) is 11.5 Å². The predicted octanol–water partition coefficient (Wildman–Crippen LogP) is 6.20. The van der Waals surface area contributed by atoms with Crippen LogP contribution in [0, 0.1) is 6.92 Å². The first-order valence-corrected chi connectivity index (χ1v) is 11.0. The van der Waals surface area contributed by atoms with Crippen LogP contribution in [0.3, 0.4) is 0 Å². The summed E-state index contributed by atoms with van der Waals surface area (Å²) in [6.07, 6.45) is 3.02. The molecular weight excluding hydrogens is 386 g/mol.